The number of anilines is 1. The van der Waals surface area contributed by atoms with Crippen LogP contribution in [0.1, 0.15) is 108 Å². The molecule has 222 valence electrons. The van der Waals surface area contributed by atoms with Crippen LogP contribution < -0.4 is 9.64 Å². The SMILES string of the molecule is Br.CCCCCCCCCCCCCCOc1ccc(CN(C(=O)CC)c2ccc(CN3C=CSC3)cc2)cc1. The summed E-state index contributed by atoms with van der Waals surface area (Å²) in [6.45, 7) is 6.44. The van der Waals surface area contributed by atoms with Crippen molar-refractivity contribution in [2.45, 2.75) is 110 Å². The highest BCUT2D eigenvalue weighted by Gasteiger charge is 2.15. The molecule has 0 fully saturated rings. The molecule has 40 heavy (non-hydrogen) atoms. The Hall–Kier alpha value is -1.92. The van der Waals surface area contributed by atoms with Gasteiger partial charge in [-0.05, 0) is 47.2 Å². The first kappa shape index (κ1) is 34.3. The first-order valence-corrected chi connectivity index (χ1v) is 16.4. The molecule has 3 rings (SSSR count). The van der Waals surface area contributed by atoms with Crippen LogP contribution >= 0.6 is 28.7 Å². The molecule has 1 aliphatic rings. The first-order valence-electron chi connectivity index (χ1n) is 15.3. The van der Waals surface area contributed by atoms with E-state index in [4.69, 9.17) is 4.74 Å². The quantitative estimate of drug-likeness (QED) is 0.136. The predicted molar refractivity (Wildman–Crippen MR) is 178 cm³/mol. The van der Waals surface area contributed by atoms with E-state index >= 15 is 0 Å². The molecule has 2 aromatic rings. The second-order valence-corrected chi connectivity index (χ2v) is 11.6. The van der Waals surface area contributed by atoms with E-state index in [1.165, 1.54) is 76.2 Å². The van der Waals surface area contributed by atoms with Crippen LogP contribution in [0.5, 0.6) is 5.75 Å². The average molecular weight is 632 g/mol. The molecule has 0 bridgehead atoms. The Morgan fingerprint density at radius 3 is 1.93 bits per heavy atom. The number of rotatable bonds is 20. The number of unbranched alkanes of at least 4 members (excludes halogenated alkanes) is 11. The summed E-state index contributed by atoms with van der Waals surface area (Å²) in [5.41, 5.74) is 3.31. The Labute approximate surface area is 258 Å². The zero-order valence-corrected chi connectivity index (χ0v) is 27.4. The van der Waals surface area contributed by atoms with Gasteiger partial charge in [0.25, 0.3) is 0 Å². The summed E-state index contributed by atoms with van der Waals surface area (Å²) in [5.74, 6) is 2.05. The van der Waals surface area contributed by atoms with Gasteiger partial charge >= 0.3 is 0 Å². The fourth-order valence-electron chi connectivity index (χ4n) is 4.95. The van der Waals surface area contributed by atoms with Gasteiger partial charge in [-0.3, -0.25) is 4.79 Å². The summed E-state index contributed by atoms with van der Waals surface area (Å²) in [5, 5.41) is 2.13. The molecule has 6 heteroatoms. The zero-order valence-electron chi connectivity index (χ0n) is 24.8. The van der Waals surface area contributed by atoms with Gasteiger partial charge in [-0.15, -0.1) is 28.7 Å². The normalized spacial score (nSPS) is 12.4. The smallest absolute Gasteiger partial charge is 0.227 e. The molecule has 1 amide bonds. The number of carbonyl (C=O) groups excluding carboxylic acids is 1. The summed E-state index contributed by atoms with van der Waals surface area (Å²) in [4.78, 5) is 17.0. The van der Waals surface area contributed by atoms with E-state index in [2.05, 4.69) is 59.8 Å². The zero-order chi connectivity index (χ0) is 27.5. The van der Waals surface area contributed by atoms with Crippen LogP contribution in [0.2, 0.25) is 0 Å². The van der Waals surface area contributed by atoms with Crippen molar-refractivity contribution >= 4 is 40.3 Å². The molecule has 0 aromatic heterocycles. The fraction of sp³-hybridized carbons (Fsp3) is 0.559. The maximum Gasteiger partial charge on any atom is 0.227 e. The fourth-order valence-corrected chi connectivity index (χ4v) is 5.66. The number of halogens is 1. The summed E-state index contributed by atoms with van der Waals surface area (Å²) in [6, 6.07) is 16.6. The van der Waals surface area contributed by atoms with Crippen molar-refractivity contribution in [3.05, 3.63) is 71.3 Å². The maximum absolute atomic E-state index is 12.8. The van der Waals surface area contributed by atoms with Crippen LogP contribution in [0.3, 0.4) is 0 Å². The maximum atomic E-state index is 12.8. The van der Waals surface area contributed by atoms with Crippen molar-refractivity contribution in [1.29, 1.82) is 0 Å². The van der Waals surface area contributed by atoms with Crippen molar-refractivity contribution in [1.82, 2.24) is 4.90 Å². The van der Waals surface area contributed by atoms with Crippen LogP contribution in [-0.4, -0.2) is 23.3 Å². The number of hydrogen-bond acceptors (Lipinski definition) is 4. The molecule has 0 saturated carbocycles. The molecule has 2 aromatic carbocycles. The first-order chi connectivity index (χ1) is 19.2. The molecule has 1 heterocycles. The van der Waals surface area contributed by atoms with Gasteiger partial charge in [0, 0.05) is 24.9 Å². The second kappa shape index (κ2) is 20.9. The third-order valence-electron chi connectivity index (χ3n) is 7.38. The molecule has 0 saturated heterocycles. The van der Waals surface area contributed by atoms with Gasteiger partial charge in [0.15, 0.2) is 0 Å². The van der Waals surface area contributed by atoms with Gasteiger partial charge in [0.2, 0.25) is 5.91 Å². The molecule has 0 aliphatic carbocycles. The van der Waals surface area contributed by atoms with Crippen LogP contribution in [0.15, 0.2) is 60.1 Å². The van der Waals surface area contributed by atoms with Crippen LogP contribution in [0.25, 0.3) is 0 Å². The lowest BCUT2D eigenvalue weighted by molar-refractivity contribution is -0.118. The van der Waals surface area contributed by atoms with E-state index in [9.17, 15) is 4.79 Å². The van der Waals surface area contributed by atoms with Crippen LogP contribution in [0, 0.1) is 0 Å². The number of thioether (sulfide) groups is 1. The minimum atomic E-state index is 0. The Bertz CT molecular complexity index is 965. The summed E-state index contributed by atoms with van der Waals surface area (Å²) >= 11 is 1.81. The van der Waals surface area contributed by atoms with Gasteiger partial charge in [-0.2, -0.15) is 0 Å². The number of benzene rings is 2. The molecule has 0 spiro atoms. The summed E-state index contributed by atoms with van der Waals surface area (Å²) in [7, 11) is 0. The third kappa shape index (κ3) is 13.2. The van der Waals surface area contributed by atoms with Crippen LogP contribution in [0.4, 0.5) is 5.69 Å². The van der Waals surface area contributed by atoms with Gasteiger partial charge in [-0.25, -0.2) is 0 Å². The monoisotopic (exact) mass is 630 g/mol. The van der Waals surface area contributed by atoms with Crippen molar-refractivity contribution in [2.24, 2.45) is 0 Å². The standard InChI is InChI=1S/C34H50N2O2S.BrH/c1-3-5-6-7-8-9-10-11-12-13-14-15-25-38-33-22-18-31(19-23-33)28-36(34(37)4-2)32-20-16-30(17-21-32)27-35-24-26-39-29-35;/h16-24,26H,3-15,25,27-29H2,1-2H3;1H. The Kier molecular flexibility index (Phi) is 17.9. The molecular weight excluding hydrogens is 580 g/mol. The molecular formula is C34H51BrN2O2S. The average Bonchev–Trinajstić information content (AvgIpc) is 3.48. The second-order valence-electron chi connectivity index (χ2n) is 10.7. The highest BCUT2D eigenvalue weighted by Crippen LogP contribution is 2.23. The summed E-state index contributed by atoms with van der Waals surface area (Å²) in [6.07, 6.45) is 18.8. The van der Waals surface area contributed by atoms with E-state index in [0.717, 1.165) is 42.4 Å². The van der Waals surface area contributed by atoms with E-state index in [0.29, 0.717) is 13.0 Å². The summed E-state index contributed by atoms with van der Waals surface area (Å²) < 4.78 is 5.99. The molecule has 4 nitrogen and oxygen atoms in total. The minimum absolute atomic E-state index is 0. The van der Waals surface area contributed by atoms with E-state index in [1.54, 1.807) is 0 Å². The van der Waals surface area contributed by atoms with Gasteiger partial charge in [-0.1, -0.05) is 109 Å². The predicted octanol–water partition coefficient (Wildman–Crippen LogP) is 10.3. The Balaban J connectivity index is 0.00000560. The van der Waals surface area contributed by atoms with Crippen molar-refractivity contribution in [2.75, 3.05) is 17.4 Å². The number of ether oxygens (including phenoxy) is 1. The largest absolute Gasteiger partial charge is 0.494 e. The third-order valence-corrected chi connectivity index (χ3v) is 8.17. The number of amides is 1. The van der Waals surface area contributed by atoms with Gasteiger partial charge in [0.1, 0.15) is 5.75 Å². The lowest BCUT2D eigenvalue weighted by Gasteiger charge is -2.23. The molecule has 0 atom stereocenters. The Morgan fingerprint density at radius 2 is 1.38 bits per heavy atom. The molecule has 0 radical (unpaired) electrons. The van der Waals surface area contributed by atoms with Gasteiger partial charge in [0.05, 0.1) is 19.0 Å². The topological polar surface area (TPSA) is 32.8 Å². The van der Waals surface area contributed by atoms with Crippen molar-refractivity contribution in [3.8, 4) is 5.75 Å². The highest BCUT2D eigenvalue weighted by atomic mass is 79.9. The lowest BCUT2D eigenvalue weighted by atomic mass is 10.1. The number of carbonyl (C=O) groups is 1. The van der Waals surface area contributed by atoms with Crippen molar-refractivity contribution in [3.63, 3.8) is 0 Å². The number of hydrogen-bond donors (Lipinski definition) is 0. The minimum Gasteiger partial charge on any atom is -0.494 e. The van der Waals surface area contributed by atoms with E-state index < -0.39 is 0 Å². The Morgan fingerprint density at radius 1 is 0.800 bits per heavy atom. The molecule has 0 unspecified atom stereocenters. The van der Waals surface area contributed by atoms with Crippen molar-refractivity contribution < 1.29 is 9.53 Å². The van der Waals surface area contributed by atoms with E-state index in [-0.39, 0.29) is 22.9 Å². The molecule has 0 N–H and O–H groups in total. The van der Waals surface area contributed by atoms with Crippen LogP contribution in [-0.2, 0) is 17.9 Å². The van der Waals surface area contributed by atoms with Gasteiger partial charge < -0.3 is 14.5 Å². The lowest BCUT2D eigenvalue weighted by Crippen LogP contribution is -2.29. The number of nitrogens with zero attached hydrogens (tertiary/aromatic N) is 2. The van der Waals surface area contributed by atoms with E-state index in [1.807, 2.05) is 35.7 Å². The molecule has 1 aliphatic heterocycles. The highest BCUT2D eigenvalue weighted by molar-refractivity contribution is 8.93.